The lowest BCUT2D eigenvalue weighted by molar-refractivity contribution is -0.106. The summed E-state index contributed by atoms with van der Waals surface area (Å²) >= 11 is 0. The largest absolute Gasteiger partial charge is 0.369 e. The minimum absolute atomic E-state index is 0.372. The summed E-state index contributed by atoms with van der Waals surface area (Å²) in [6.07, 6.45) is 3.89. The van der Waals surface area contributed by atoms with Crippen LogP contribution in [-0.4, -0.2) is 24.3 Å². The van der Waals surface area contributed by atoms with Crippen LogP contribution in [0.4, 0.5) is 0 Å². The molecule has 0 amide bonds. The molecule has 17 heavy (non-hydrogen) atoms. The lowest BCUT2D eigenvalue weighted by Gasteiger charge is -2.25. The van der Waals surface area contributed by atoms with E-state index in [0.29, 0.717) is 6.04 Å². The maximum atomic E-state index is 11.1. The van der Waals surface area contributed by atoms with Crippen LogP contribution >= 0.6 is 0 Å². The maximum Gasteiger partial charge on any atom is 0.166 e. The second kappa shape index (κ2) is 6.24. The third kappa shape index (κ3) is 3.74. The zero-order chi connectivity index (χ0) is 12.8. The monoisotopic (exact) mass is 231 g/mol. The van der Waals surface area contributed by atoms with Crippen molar-refractivity contribution in [3.8, 4) is 0 Å². The summed E-state index contributed by atoms with van der Waals surface area (Å²) in [5.74, 6) is 0. The Hall–Kier alpha value is -1.57. The molecule has 1 aromatic carbocycles. The SMILES string of the molecule is CCC(C)N(C)/C(C=O)=C\c1cccc(C)c1. The number of carbonyl (C=O) groups is 1. The molecule has 0 fully saturated rings. The number of aryl methyl sites for hydroxylation is 1. The average Bonchev–Trinajstić information content (AvgIpc) is 2.34. The molecule has 0 heterocycles. The molecule has 1 atom stereocenters. The molecular formula is C15H21NO. The molecule has 1 rings (SSSR count). The zero-order valence-electron chi connectivity index (χ0n) is 11.1. The van der Waals surface area contributed by atoms with Crippen LogP contribution in [0.2, 0.25) is 0 Å². The van der Waals surface area contributed by atoms with E-state index in [1.807, 2.05) is 30.2 Å². The lowest BCUT2D eigenvalue weighted by Crippen LogP contribution is -2.28. The van der Waals surface area contributed by atoms with Crippen LogP contribution in [0.15, 0.2) is 30.0 Å². The molecule has 0 aliphatic rings. The van der Waals surface area contributed by atoms with Crippen molar-refractivity contribution < 1.29 is 4.79 Å². The summed E-state index contributed by atoms with van der Waals surface area (Å²) in [5.41, 5.74) is 3.00. The number of allylic oxidation sites excluding steroid dienone is 1. The van der Waals surface area contributed by atoms with E-state index >= 15 is 0 Å². The van der Waals surface area contributed by atoms with E-state index in [0.717, 1.165) is 24.0 Å². The van der Waals surface area contributed by atoms with Crippen LogP contribution in [0.1, 0.15) is 31.4 Å². The molecule has 0 saturated carbocycles. The third-order valence-electron chi connectivity index (χ3n) is 3.14. The molecule has 2 heteroatoms. The van der Waals surface area contributed by atoms with Gasteiger partial charge in [-0.05, 0) is 31.9 Å². The second-order valence-corrected chi connectivity index (χ2v) is 4.47. The van der Waals surface area contributed by atoms with Gasteiger partial charge in [0.15, 0.2) is 6.29 Å². The number of rotatable bonds is 5. The van der Waals surface area contributed by atoms with E-state index in [4.69, 9.17) is 0 Å². The molecule has 0 aliphatic carbocycles. The number of benzene rings is 1. The van der Waals surface area contributed by atoms with Crippen molar-refractivity contribution in [2.24, 2.45) is 0 Å². The first-order chi connectivity index (χ1) is 8.08. The van der Waals surface area contributed by atoms with Crippen molar-refractivity contribution in [1.29, 1.82) is 0 Å². The summed E-state index contributed by atoms with van der Waals surface area (Å²) < 4.78 is 0. The number of carbonyl (C=O) groups excluding carboxylic acids is 1. The predicted octanol–water partition coefficient (Wildman–Crippen LogP) is 3.27. The highest BCUT2D eigenvalue weighted by Crippen LogP contribution is 2.13. The van der Waals surface area contributed by atoms with Gasteiger partial charge >= 0.3 is 0 Å². The normalized spacial score (nSPS) is 13.3. The highest BCUT2D eigenvalue weighted by Gasteiger charge is 2.09. The van der Waals surface area contributed by atoms with Crippen LogP contribution in [0.25, 0.3) is 6.08 Å². The van der Waals surface area contributed by atoms with Gasteiger partial charge in [0, 0.05) is 13.1 Å². The molecule has 0 spiro atoms. The van der Waals surface area contributed by atoms with Crippen LogP contribution in [0.3, 0.4) is 0 Å². The summed E-state index contributed by atoms with van der Waals surface area (Å²) in [5, 5.41) is 0. The molecule has 2 nitrogen and oxygen atoms in total. The average molecular weight is 231 g/mol. The fourth-order valence-electron chi connectivity index (χ4n) is 1.68. The van der Waals surface area contributed by atoms with Gasteiger partial charge in [-0.15, -0.1) is 0 Å². The van der Waals surface area contributed by atoms with E-state index in [9.17, 15) is 4.79 Å². The van der Waals surface area contributed by atoms with Gasteiger partial charge < -0.3 is 4.90 Å². The Labute approximate surface area is 104 Å². The fourth-order valence-corrected chi connectivity index (χ4v) is 1.68. The van der Waals surface area contributed by atoms with Crippen molar-refractivity contribution in [2.75, 3.05) is 7.05 Å². The number of nitrogens with zero attached hydrogens (tertiary/aromatic N) is 1. The Kier molecular flexibility index (Phi) is 4.95. The lowest BCUT2D eigenvalue weighted by atomic mass is 10.1. The van der Waals surface area contributed by atoms with Gasteiger partial charge in [-0.1, -0.05) is 36.8 Å². The van der Waals surface area contributed by atoms with E-state index < -0.39 is 0 Å². The molecule has 0 N–H and O–H groups in total. The Bertz CT molecular complexity index is 409. The quantitative estimate of drug-likeness (QED) is 0.572. The second-order valence-electron chi connectivity index (χ2n) is 4.47. The topological polar surface area (TPSA) is 20.3 Å². The number of likely N-dealkylation sites (N-methyl/N-ethyl adjacent to an activating group) is 1. The fraction of sp³-hybridized carbons (Fsp3) is 0.400. The molecular weight excluding hydrogens is 210 g/mol. The third-order valence-corrected chi connectivity index (χ3v) is 3.14. The van der Waals surface area contributed by atoms with Gasteiger partial charge in [0.05, 0.1) is 5.70 Å². The molecule has 92 valence electrons. The molecule has 0 aromatic heterocycles. The minimum atomic E-state index is 0.372. The first-order valence-corrected chi connectivity index (χ1v) is 6.04. The minimum Gasteiger partial charge on any atom is -0.369 e. The number of aldehydes is 1. The van der Waals surface area contributed by atoms with Crippen molar-refractivity contribution in [1.82, 2.24) is 4.90 Å². The van der Waals surface area contributed by atoms with E-state index in [-0.39, 0.29) is 0 Å². The van der Waals surface area contributed by atoms with Crippen LogP contribution in [-0.2, 0) is 4.79 Å². The van der Waals surface area contributed by atoms with Crippen LogP contribution in [0, 0.1) is 6.92 Å². The van der Waals surface area contributed by atoms with Crippen LogP contribution < -0.4 is 0 Å². The Morgan fingerprint density at radius 2 is 2.18 bits per heavy atom. The Morgan fingerprint density at radius 1 is 1.47 bits per heavy atom. The summed E-state index contributed by atoms with van der Waals surface area (Å²) in [6.45, 7) is 6.29. The summed E-state index contributed by atoms with van der Waals surface area (Å²) in [7, 11) is 1.96. The first kappa shape index (κ1) is 13.5. The molecule has 0 aliphatic heterocycles. The predicted molar refractivity (Wildman–Crippen MR) is 72.7 cm³/mol. The Morgan fingerprint density at radius 3 is 2.71 bits per heavy atom. The highest BCUT2D eigenvalue weighted by molar-refractivity contribution is 5.80. The maximum absolute atomic E-state index is 11.1. The van der Waals surface area contributed by atoms with E-state index in [1.54, 1.807) is 0 Å². The van der Waals surface area contributed by atoms with Crippen molar-refractivity contribution >= 4 is 12.4 Å². The standard InChI is InChI=1S/C15H21NO/c1-5-13(3)16(4)15(11-17)10-14-8-6-7-12(2)9-14/h6-11,13H,5H2,1-4H3/b15-10-. The molecule has 0 bridgehead atoms. The molecule has 0 saturated heterocycles. The van der Waals surface area contributed by atoms with Crippen molar-refractivity contribution in [3.05, 3.63) is 41.1 Å². The van der Waals surface area contributed by atoms with Gasteiger partial charge in [0.25, 0.3) is 0 Å². The number of hydrogen-bond donors (Lipinski definition) is 0. The van der Waals surface area contributed by atoms with Gasteiger partial charge in [0.1, 0.15) is 0 Å². The molecule has 0 radical (unpaired) electrons. The number of hydrogen-bond acceptors (Lipinski definition) is 2. The van der Waals surface area contributed by atoms with Gasteiger partial charge in [0.2, 0.25) is 0 Å². The Balaban J connectivity index is 2.97. The van der Waals surface area contributed by atoms with E-state index in [1.165, 1.54) is 5.56 Å². The summed E-state index contributed by atoms with van der Waals surface area (Å²) in [6, 6.07) is 8.52. The zero-order valence-corrected chi connectivity index (χ0v) is 11.1. The van der Waals surface area contributed by atoms with Crippen molar-refractivity contribution in [2.45, 2.75) is 33.2 Å². The molecule has 1 unspecified atom stereocenters. The van der Waals surface area contributed by atoms with Crippen LogP contribution in [0.5, 0.6) is 0 Å². The summed E-state index contributed by atoms with van der Waals surface area (Å²) in [4.78, 5) is 13.2. The van der Waals surface area contributed by atoms with Gasteiger partial charge in [-0.25, -0.2) is 0 Å². The van der Waals surface area contributed by atoms with Gasteiger partial charge in [-0.3, -0.25) is 4.79 Å². The van der Waals surface area contributed by atoms with Gasteiger partial charge in [-0.2, -0.15) is 0 Å². The van der Waals surface area contributed by atoms with Crippen molar-refractivity contribution in [3.63, 3.8) is 0 Å². The van der Waals surface area contributed by atoms with E-state index in [2.05, 4.69) is 32.9 Å². The highest BCUT2D eigenvalue weighted by atomic mass is 16.1. The first-order valence-electron chi connectivity index (χ1n) is 6.04. The smallest absolute Gasteiger partial charge is 0.166 e. The molecule has 1 aromatic rings.